The molecule has 0 aliphatic rings. The van der Waals surface area contributed by atoms with Gasteiger partial charge in [-0.15, -0.1) is 0 Å². The van der Waals surface area contributed by atoms with Crippen LogP contribution in [-0.4, -0.2) is 39.5 Å². The lowest BCUT2D eigenvalue weighted by molar-refractivity contribution is -0.145. The molecule has 0 fully saturated rings. The highest BCUT2D eigenvalue weighted by atomic mass is 19.1. The molecule has 1 aromatic heterocycles. The van der Waals surface area contributed by atoms with Crippen LogP contribution in [0.3, 0.4) is 0 Å². The Bertz CT molecular complexity index is 774. The number of hydrogen-bond acceptors (Lipinski definition) is 4. The Hall–Kier alpha value is -2.77. The summed E-state index contributed by atoms with van der Waals surface area (Å²) in [5, 5.41) is 8.85. The molecule has 25 heavy (non-hydrogen) atoms. The van der Waals surface area contributed by atoms with Gasteiger partial charge in [0.2, 0.25) is 5.91 Å². The molecule has 1 heterocycles. The van der Waals surface area contributed by atoms with E-state index in [9.17, 15) is 18.4 Å². The number of carboxylic acid groups (broad SMARTS) is 1. The lowest BCUT2D eigenvalue weighted by Crippen LogP contribution is -2.40. The summed E-state index contributed by atoms with van der Waals surface area (Å²) >= 11 is 0. The zero-order valence-corrected chi connectivity index (χ0v) is 13.8. The van der Waals surface area contributed by atoms with Crippen molar-refractivity contribution in [3.8, 4) is 11.3 Å². The lowest BCUT2D eigenvalue weighted by atomic mass is 10.2. The molecular weight excluding hydrogens is 334 g/mol. The first kappa shape index (κ1) is 18.6. The number of rotatable bonds is 7. The minimum Gasteiger partial charge on any atom is -0.480 e. The van der Waals surface area contributed by atoms with Crippen LogP contribution in [0.25, 0.3) is 11.3 Å². The molecule has 0 aliphatic heterocycles. The maximum Gasteiger partial charge on any atom is 0.323 e. The van der Waals surface area contributed by atoms with E-state index in [1.54, 1.807) is 13.8 Å². The van der Waals surface area contributed by atoms with Gasteiger partial charge >= 0.3 is 5.97 Å². The van der Waals surface area contributed by atoms with Crippen LogP contribution in [0.4, 0.5) is 8.78 Å². The number of aryl methyl sites for hydroxylation is 1. The fourth-order valence-corrected chi connectivity index (χ4v) is 2.30. The summed E-state index contributed by atoms with van der Waals surface area (Å²) < 4.78 is 32.1. The van der Waals surface area contributed by atoms with Crippen LogP contribution in [0, 0.1) is 11.6 Å². The van der Waals surface area contributed by atoms with E-state index < -0.39 is 17.6 Å². The molecule has 1 aromatic carbocycles. The van der Waals surface area contributed by atoms with Crippen molar-refractivity contribution in [2.75, 3.05) is 6.54 Å². The van der Waals surface area contributed by atoms with Crippen LogP contribution in [-0.2, 0) is 16.0 Å². The molecule has 0 atom stereocenters. The Morgan fingerprint density at radius 2 is 2.04 bits per heavy atom. The van der Waals surface area contributed by atoms with E-state index in [1.807, 2.05) is 0 Å². The first-order valence-corrected chi connectivity index (χ1v) is 7.69. The summed E-state index contributed by atoms with van der Waals surface area (Å²) in [4.78, 5) is 28.2. The maximum atomic E-state index is 13.7. The smallest absolute Gasteiger partial charge is 0.323 e. The van der Waals surface area contributed by atoms with Crippen molar-refractivity contribution in [2.24, 2.45) is 0 Å². The number of carbonyl (C=O) groups is 2. The number of carboxylic acids is 1. The summed E-state index contributed by atoms with van der Waals surface area (Å²) in [6.07, 6.45) is 1.45. The van der Waals surface area contributed by atoms with E-state index in [2.05, 4.69) is 4.98 Å². The Kier molecular flexibility index (Phi) is 5.84. The molecule has 0 bridgehead atoms. The third kappa shape index (κ3) is 4.85. The molecule has 134 valence electrons. The van der Waals surface area contributed by atoms with Crippen molar-refractivity contribution in [1.29, 1.82) is 0 Å². The van der Waals surface area contributed by atoms with Gasteiger partial charge in [0.25, 0.3) is 0 Å². The largest absolute Gasteiger partial charge is 0.480 e. The van der Waals surface area contributed by atoms with Crippen molar-refractivity contribution >= 4 is 11.9 Å². The van der Waals surface area contributed by atoms with Gasteiger partial charge in [-0.1, -0.05) is 0 Å². The van der Waals surface area contributed by atoms with Gasteiger partial charge in [-0.2, -0.15) is 0 Å². The monoisotopic (exact) mass is 352 g/mol. The number of aliphatic carboxylic acids is 1. The summed E-state index contributed by atoms with van der Waals surface area (Å²) in [6.45, 7) is 3.07. The summed E-state index contributed by atoms with van der Waals surface area (Å²) in [6, 6.07) is 2.84. The predicted octanol–water partition coefficient (Wildman–Crippen LogP) is 2.87. The van der Waals surface area contributed by atoms with E-state index in [0.29, 0.717) is 0 Å². The van der Waals surface area contributed by atoms with E-state index in [4.69, 9.17) is 9.52 Å². The van der Waals surface area contributed by atoms with Crippen LogP contribution in [0.1, 0.15) is 26.2 Å². The standard InChI is InChI=1S/C17H18F2N2O4/c1-10(2)21(9-17(23)24)16(22)6-5-15-20-8-14(25-15)12-4-3-11(18)7-13(12)19/h3-4,7-8,10H,5-6,9H2,1-2H3,(H,23,24). The molecule has 0 radical (unpaired) electrons. The number of amides is 1. The molecule has 0 spiro atoms. The average molecular weight is 352 g/mol. The molecule has 0 aliphatic carbocycles. The second-order valence-electron chi connectivity index (χ2n) is 5.75. The molecule has 0 saturated heterocycles. The van der Waals surface area contributed by atoms with Crippen molar-refractivity contribution in [3.05, 3.63) is 41.9 Å². The van der Waals surface area contributed by atoms with E-state index in [1.165, 1.54) is 17.2 Å². The lowest BCUT2D eigenvalue weighted by Gasteiger charge is -2.24. The number of nitrogens with zero attached hydrogens (tertiary/aromatic N) is 2. The van der Waals surface area contributed by atoms with E-state index >= 15 is 0 Å². The van der Waals surface area contributed by atoms with Gasteiger partial charge in [0.05, 0.1) is 11.8 Å². The van der Waals surface area contributed by atoms with Crippen LogP contribution in [0.5, 0.6) is 0 Å². The van der Waals surface area contributed by atoms with Gasteiger partial charge in [0.1, 0.15) is 18.2 Å². The van der Waals surface area contributed by atoms with Crippen molar-refractivity contribution < 1.29 is 27.9 Å². The van der Waals surface area contributed by atoms with Gasteiger partial charge in [-0.3, -0.25) is 9.59 Å². The Labute approximate surface area is 143 Å². The molecular formula is C17H18F2N2O4. The first-order chi connectivity index (χ1) is 11.8. The molecule has 8 heteroatoms. The minimum absolute atomic E-state index is 0.0112. The van der Waals surface area contributed by atoms with Gasteiger partial charge in [-0.05, 0) is 26.0 Å². The molecule has 2 aromatic rings. The Morgan fingerprint density at radius 3 is 2.64 bits per heavy atom. The number of carbonyl (C=O) groups excluding carboxylic acids is 1. The summed E-state index contributed by atoms with van der Waals surface area (Å²) in [5.41, 5.74) is 0.0705. The Balaban J connectivity index is 2.03. The summed E-state index contributed by atoms with van der Waals surface area (Å²) in [7, 11) is 0. The highest BCUT2D eigenvalue weighted by Crippen LogP contribution is 2.24. The van der Waals surface area contributed by atoms with Crippen LogP contribution in [0.2, 0.25) is 0 Å². The van der Waals surface area contributed by atoms with Crippen LogP contribution >= 0.6 is 0 Å². The Morgan fingerprint density at radius 1 is 1.32 bits per heavy atom. The highest BCUT2D eigenvalue weighted by molar-refractivity contribution is 5.81. The molecule has 6 nitrogen and oxygen atoms in total. The van der Waals surface area contributed by atoms with E-state index in [0.717, 1.165) is 12.1 Å². The normalized spacial score (nSPS) is 10.9. The highest BCUT2D eigenvalue weighted by Gasteiger charge is 2.20. The minimum atomic E-state index is -1.09. The fraction of sp³-hybridized carbons (Fsp3) is 0.353. The third-order valence-electron chi connectivity index (χ3n) is 3.55. The molecule has 1 N–H and O–H groups in total. The molecule has 0 saturated carbocycles. The number of hydrogen-bond donors (Lipinski definition) is 1. The van der Waals surface area contributed by atoms with Gasteiger partial charge in [0, 0.05) is 24.9 Å². The number of oxazole rings is 1. The van der Waals surface area contributed by atoms with Crippen molar-refractivity contribution in [1.82, 2.24) is 9.88 Å². The average Bonchev–Trinajstić information content (AvgIpc) is 2.98. The van der Waals surface area contributed by atoms with Crippen molar-refractivity contribution in [2.45, 2.75) is 32.7 Å². The summed E-state index contributed by atoms with van der Waals surface area (Å²) in [5.74, 6) is -2.56. The van der Waals surface area contributed by atoms with Gasteiger partial charge < -0.3 is 14.4 Å². The topological polar surface area (TPSA) is 83.6 Å². The predicted molar refractivity (Wildman–Crippen MR) is 84.7 cm³/mol. The maximum absolute atomic E-state index is 13.7. The zero-order chi connectivity index (χ0) is 18.6. The van der Waals surface area contributed by atoms with Crippen LogP contribution in [0.15, 0.2) is 28.8 Å². The van der Waals surface area contributed by atoms with Gasteiger partial charge in [0.15, 0.2) is 11.7 Å². The number of halogens is 2. The number of benzene rings is 1. The third-order valence-corrected chi connectivity index (χ3v) is 3.55. The molecule has 2 rings (SSSR count). The fourth-order valence-electron chi connectivity index (χ4n) is 2.30. The second kappa shape index (κ2) is 7.87. The zero-order valence-electron chi connectivity index (χ0n) is 13.8. The quantitative estimate of drug-likeness (QED) is 0.828. The van der Waals surface area contributed by atoms with E-state index in [-0.39, 0.29) is 48.5 Å². The van der Waals surface area contributed by atoms with Crippen molar-refractivity contribution in [3.63, 3.8) is 0 Å². The number of aromatic nitrogens is 1. The molecule has 0 unspecified atom stereocenters. The second-order valence-corrected chi connectivity index (χ2v) is 5.75. The first-order valence-electron chi connectivity index (χ1n) is 7.69. The van der Waals surface area contributed by atoms with Crippen LogP contribution < -0.4 is 0 Å². The van der Waals surface area contributed by atoms with Gasteiger partial charge in [-0.25, -0.2) is 13.8 Å². The molecule has 1 amide bonds. The SMILES string of the molecule is CC(C)N(CC(=O)O)C(=O)CCc1ncc(-c2ccc(F)cc2F)o1.